The molecule has 2 aliphatic rings. The second-order valence-electron chi connectivity index (χ2n) is 8.13. The van der Waals surface area contributed by atoms with Gasteiger partial charge in [-0.2, -0.15) is 4.31 Å². The molecule has 0 radical (unpaired) electrons. The van der Waals surface area contributed by atoms with E-state index in [1.54, 1.807) is 13.8 Å². The van der Waals surface area contributed by atoms with Crippen LogP contribution in [0.1, 0.15) is 52.3 Å². The second kappa shape index (κ2) is 8.53. The van der Waals surface area contributed by atoms with Gasteiger partial charge in [-0.3, -0.25) is 4.79 Å². The highest BCUT2D eigenvalue weighted by molar-refractivity contribution is 7.89. The summed E-state index contributed by atoms with van der Waals surface area (Å²) in [6, 6.07) is 8.09. The normalized spacial score (nSPS) is 20.0. The largest absolute Gasteiger partial charge is 0.464 e. The Morgan fingerprint density at radius 3 is 2.70 bits per heavy atom. The second-order valence-corrected chi connectivity index (χ2v) is 10.0. The lowest BCUT2D eigenvalue weighted by Crippen LogP contribution is -2.44. The molecule has 1 atom stereocenters. The maximum Gasteiger partial charge on any atom is 0.256 e. The number of furan rings is 1. The number of nitrogens with zero attached hydrogens (tertiary/aromatic N) is 1. The summed E-state index contributed by atoms with van der Waals surface area (Å²) < 4.78 is 34.1. The van der Waals surface area contributed by atoms with Crippen molar-refractivity contribution < 1.29 is 17.6 Å². The molecule has 30 heavy (non-hydrogen) atoms. The standard InChI is InChI=1S/C22H29N3O4S/c1-15-20(22(26)24-13-19-9-5-6-11-23-19)21(16(2)29-15)30(27,28)25-12-10-17-7-3-4-8-18(17)14-25/h3-4,7-8,19,23H,5-6,9-14H2,1-2H3,(H,24,26)/t19-/m1/s1. The SMILES string of the molecule is Cc1oc(C)c(S(=O)(=O)N2CCc3ccccc3C2)c1C(=O)NC[C@H]1CCCCN1. The molecule has 7 nitrogen and oxygen atoms in total. The molecule has 1 saturated heterocycles. The van der Waals surface area contributed by atoms with E-state index in [2.05, 4.69) is 10.6 Å². The van der Waals surface area contributed by atoms with Crippen LogP contribution in [0.5, 0.6) is 0 Å². The molecule has 0 unspecified atom stereocenters. The van der Waals surface area contributed by atoms with Crippen LogP contribution in [0.25, 0.3) is 0 Å². The predicted octanol–water partition coefficient (Wildman–Crippen LogP) is 2.52. The minimum Gasteiger partial charge on any atom is -0.464 e. The van der Waals surface area contributed by atoms with Crippen LogP contribution in [0.4, 0.5) is 0 Å². The minimum atomic E-state index is -3.87. The Morgan fingerprint density at radius 2 is 1.97 bits per heavy atom. The number of hydrogen-bond donors (Lipinski definition) is 2. The van der Waals surface area contributed by atoms with E-state index >= 15 is 0 Å². The molecule has 0 aliphatic carbocycles. The molecule has 1 fully saturated rings. The summed E-state index contributed by atoms with van der Waals surface area (Å²) in [4.78, 5) is 13.0. The number of piperidine rings is 1. The number of benzene rings is 1. The van der Waals surface area contributed by atoms with E-state index in [1.807, 2.05) is 24.3 Å². The highest BCUT2D eigenvalue weighted by atomic mass is 32.2. The third-order valence-corrected chi connectivity index (χ3v) is 8.05. The summed E-state index contributed by atoms with van der Waals surface area (Å²) in [6.07, 6.45) is 3.93. The molecule has 3 heterocycles. The van der Waals surface area contributed by atoms with E-state index in [-0.39, 0.29) is 22.3 Å². The zero-order valence-electron chi connectivity index (χ0n) is 17.5. The minimum absolute atomic E-state index is 0.00603. The van der Waals surface area contributed by atoms with Gasteiger partial charge in [0.25, 0.3) is 5.91 Å². The zero-order chi connectivity index (χ0) is 21.3. The van der Waals surface area contributed by atoms with Crippen molar-refractivity contribution in [2.24, 2.45) is 0 Å². The van der Waals surface area contributed by atoms with Crippen LogP contribution in [0.15, 0.2) is 33.6 Å². The number of rotatable bonds is 5. The summed E-state index contributed by atoms with van der Waals surface area (Å²) in [5.74, 6) is 0.192. The maximum atomic E-state index is 13.5. The third-order valence-electron chi connectivity index (χ3n) is 6.05. The topological polar surface area (TPSA) is 91.7 Å². The lowest BCUT2D eigenvalue weighted by atomic mass is 10.0. The van der Waals surface area contributed by atoms with Crippen LogP contribution in [-0.2, 0) is 23.0 Å². The van der Waals surface area contributed by atoms with E-state index < -0.39 is 15.9 Å². The van der Waals surface area contributed by atoms with Gasteiger partial charge in [-0.15, -0.1) is 0 Å². The van der Waals surface area contributed by atoms with E-state index in [9.17, 15) is 13.2 Å². The van der Waals surface area contributed by atoms with E-state index in [0.717, 1.165) is 31.4 Å². The first-order chi connectivity index (χ1) is 14.4. The number of carbonyl (C=O) groups is 1. The first kappa shape index (κ1) is 21.1. The Hall–Kier alpha value is -2.16. The fraction of sp³-hybridized carbons (Fsp3) is 0.500. The number of nitrogens with one attached hydrogen (secondary N) is 2. The van der Waals surface area contributed by atoms with Crippen molar-refractivity contribution >= 4 is 15.9 Å². The molecular weight excluding hydrogens is 402 g/mol. The third kappa shape index (κ3) is 4.04. The number of hydrogen-bond acceptors (Lipinski definition) is 5. The van der Waals surface area contributed by atoms with Gasteiger partial charge < -0.3 is 15.1 Å². The van der Waals surface area contributed by atoms with Crippen molar-refractivity contribution in [1.82, 2.24) is 14.9 Å². The molecule has 1 amide bonds. The smallest absolute Gasteiger partial charge is 0.256 e. The Bertz CT molecular complexity index is 1040. The number of sulfonamides is 1. The molecule has 1 aromatic heterocycles. The van der Waals surface area contributed by atoms with Crippen LogP contribution in [0.2, 0.25) is 0 Å². The first-order valence-electron chi connectivity index (χ1n) is 10.6. The van der Waals surface area contributed by atoms with Crippen LogP contribution in [-0.4, -0.2) is 44.3 Å². The molecule has 0 saturated carbocycles. The van der Waals surface area contributed by atoms with E-state index in [0.29, 0.717) is 31.8 Å². The molecule has 0 spiro atoms. The monoisotopic (exact) mass is 431 g/mol. The van der Waals surface area contributed by atoms with Gasteiger partial charge >= 0.3 is 0 Å². The average molecular weight is 432 g/mol. The van der Waals surface area contributed by atoms with Gasteiger partial charge in [0.1, 0.15) is 22.0 Å². The van der Waals surface area contributed by atoms with Crippen molar-refractivity contribution in [3.8, 4) is 0 Å². The molecule has 162 valence electrons. The van der Waals surface area contributed by atoms with Crippen molar-refractivity contribution in [2.75, 3.05) is 19.6 Å². The van der Waals surface area contributed by atoms with Gasteiger partial charge in [0.2, 0.25) is 10.0 Å². The lowest BCUT2D eigenvalue weighted by molar-refractivity contribution is 0.0943. The fourth-order valence-corrected chi connectivity index (χ4v) is 6.24. The quantitative estimate of drug-likeness (QED) is 0.759. The Labute approximate surface area is 177 Å². The molecule has 2 aromatic rings. The van der Waals surface area contributed by atoms with Gasteiger partial charge in [0, 0.05) is 25.7 Å². The molecule has 2 N–H and O–H groups in total. The van der Waals surface area contributed by atoms with Crippen molar-refractivity contribution in [3.05, 3.63) is 52.5 Å². The molecule has 2 aliphatic heterocycles. The summed E-state index contributed by atoms with van der Waals surface area (Å²) in [6.45, 7) is 5.35. The molecule has 4 rings (SSSR count). The number of fused-ring (bicyclic) bond motifs is 1. The summed E-state index contributed by atoms with van der Waals surface area (Å²) in [5.41, 5.74) is 2.30. The van der Waals surface area contributed by atoms with E-state index in [1.165, 1.54) is 9.87 Å². The van der Waals surface area contributed by atoms with Crippen LogP contribution in [0, 0.1) is 13.8 Å². The van der Waals surface area contributed by atoms with Crippen LogP contribution in [0.3, 0.4) is 0 Å². The Kier molecular flexibility index (Phi) is 5.99. The number of carbonyl (C=O) groups excluding carboxylic acids is 1. The molecule has 0 bridgehead atoms. The van der Waals surface area contributed by atoms with Gasteiger partial charge in [-0.25, -0.2) is 8.42 Å². The number of aryl methyl sites for hydroxylation is 2. The Morgan fingerprint density at radius 1 is 1.20 bits per heavy atom. The van der Waals surface area contributed by atoms with Gasteiger partial charge in [0.15, 0.2) is 0 Å². The Balaban J connectivity index is 1.58. The lowest BCUT2D eigenvalue weighted by Gasteiger charge is -2.28. The summed E-state index contributed by atoms with van der Waals surface area (Å²) in [5, 5.41) is 6.30. The summed E-state index contributed by atoms with van der Waals surface area (Å²) >= 11 is 0. The summed E-state index contributed by atoms with van der Waals surface area (Å²) in [7, 11) is -3.87. The number of amides is 1. The van der Waals surface area contributed by atoms with Crippen LogP contribution < -0.4 is 10.6 Å². The predicted molar refractivity (Wildman–Crippen MR) is 114 cm³/mol. The van der Waals surface area contributed by atoms with Gasteiger partial charge in [0.05, 0.1) is 0 Å². The molecular formula is C22H29N3O4S. The van der Waals surface area contributed by atoms with Crippen LogP contribution >= 0.6 is 0 Å². The highest BCUT2D eigenvalue weighted by Crippen LogP contribution is 2.32. The molecule has 1 aromatic carbocycles. The average Bonchev–Trinajstić information content (AvgIpc) is 3.06. The maximum absolute atomic E-state index is 13.5. The van der Waals surface area contributed by atoms with Crippen molar-refractivity contribution in [2.45, 2.75) is 57.0 Å². The zero-order valence-corrected chi connectivity index (χ0v) is 18.3. The van der Waals surface area contributed by atoms with E-state index in [4.69, 9.17) is 4.42 Å². The first-order valence-corrected chi connectivity index (χ1v) is 12.0. The van der Waals surface area contributed by atoms with Gasteiger partial charge in [-0.1, -0.05) is 30.7 Å². The fourth-order valence-electron chi connectivity index (χ4n) is 4.44. The highest BCUT2D eigenvalue weighted by Gasteiger charge is 2.36. The van der Waals surface area contributed by atoms with Crippen molar-refractivity contribution in [3.63, 3.8) is 0 Å². The van der Waals surface area contributed by atoms with Crippen molar-refractivity contribution in [1.29, 1.82) is 0 Å². The molecule has 8 heteroatoms. The van der Waals surface area contributed by atoms with Gasteiger partial charge in [-0.05, 0) is 50.8 Å².